The number of ether oxygens (including phenoxy) is 1. The molecule has 0 aliphatic carbocycles. The Kier molecular flexibility index (Phi) is 9.26. The Labute approximate surface area is 429 Å². The Balaban J connectivity index is 0.00000569. The fourth-order valence-electron chi connectivity index (χ4n) is 10.2. The number of hydrogen-bond acceptors (Lipinski definition) is 3. The Hall–Kier alpha value is -8.11. The summed E-state index contributed by atoms with van der Waals surface area (Å²) >= 11 is 0. The van der Waals surface area contributed by atoms with Gasteiger partial charge >= 0.3 is 0 Å². The van der Waals surface area contributed by atoms with Crippen molar-refractivity contribution in [3.8, 4) is 73.0 Å². The van der Waals surface area contributed by atoms with Crippen molar-refractivity contribution in [3.05, 3.63) is 230 Å². The fraction of sp³-hybridized carbons (Fsp3) is 0.0625. The zero-order valence-corrected chi connectivity index (χ0v) is 40.7. The zero-order valence-electron chi connectivity index (χ0n) is 43.4. The largest absolute Gasteiger partial charge is 0.509 e. The predicted octanol–water partition coefficient (Wildman–Crippen LogP) is 16.5. The van der Waals surface area contributed by atoms with Crippen LogP contribution in [0.2, 0.25) is 0 Å². The Bertz CT molecular complexity index is 4170. The number of aromatic nitrogens is 2. The number of benzene rings is 9. The third-order valence-corrected chi connectivity index (χ3v) is 13.4. The maximum absolute atomic E-state index is 9.37. The molecule has 5 nitrogen and oxygen atoms in total. The van der Waals surface area contributed by atoms with E-state index >= 15 is 0 Å². The maximum Gasteiger partial charge on any atom is 0.253 e. The molecular weight excluding hydrogens is 1040 g/mol. The van der Waals surface area contributed by atoms with Crippen molar-refractivity contribution < 1.29 is 32.7 Å². The van der Waals surface area contributed by atoms with Crippen molar-refractivity contribution in [1.82, 2.24) is 14.1 Å². The number of pyridine rings is 1. The number of para-hydroxylation sites is 4. The maximum atomic E-state index is 9.37. The van der Waals surface area contributed by atoms with E-state index in [2.05, 4.69) is 156 Å². The molecule has 70 heavy (non-hydrogen) atoms. The molecule has 0 saturated carbocycles. The van der Waals surface area contributed by atoms with Crippen LogP contribution in [0.3, 0.4) is 0 Å². The van der Waals surface area contributed by atoms with E-state index in [1.165, 1.54) is 5.56 Å². The van der Waals surface area contributed by atoms with Crippen LogP contribution in [0.15, 0.2) is 212 Å². The fourth-order valence-corrected chi connectivity index (χ4v) is 10.2. The predicted molar refractivity (Wildman–Crippen MR) is 285 cm³/mol. The first-order chi connectivity index (χ1) is 35.9. The van der Waals surface area contributed by atoms with Gasteiger partial charge in [-0.15, -0.1) is 29.7 Å². The number of rotatable bonds is 5. The molecule has 0 fully saturated rings. The van der Waals surface area contributed by atoms with Gasteiger partial charge in [-0.2, -0.15) is 16.7 Å². The molecule has 0 bridgehead atoms. The van der Waals surface area contributed by atoms with Gasteiger partial charge in [0.25, 0.3) is 6.34 Å². The van der Waals surface area contributed by atoms with E-state index < -0.39 is 18.1 Å². The van der Waals surface area contributed by atoms with Crippen LogP contribution < -0.4 is 14.2 Å². The van der Waals surface area contributed by atoms with E-state index in [1.54, 1.807) is 0 Å². The van der Waals surface area contributed by atoms with Gasteiger partial charge in [-0.05, 0) is 80.6 Å². The van der Waals surface area contributed by atoms with Gasteiger partial charge in [0.2, 0.25) is 0 Å². The first-order valence-corrected chi connectivity index (χ1v) is 23.1. The van der Waals surface area contributed by atoms with Crippen molar-refractivity contribution in [2.75, 3.05) is 4.90 Å². The van der Waals surface area contributed by atoms with Crippen LogP contribution in [-0.2, 0) is 26.5 Å². The summed E-state index contributed by atoms with van der Waals surface area (Å²) in [4.78, 5) is 6.97. The molecule has 0 saturated heterocycles. The summed E-state index contributed by atoms with van der Waals surface area (Å²) in [6, 6.07) is 65.1. The Morgan fingerprint density at radius 2 is 1.11 bits per heavy atom. The molecule has 2 aliphatic rings. The molecule has 9 aromatic carbocycles. The van der Waals surface area contributed by atoms with Crippen LogP contribution in [-0.4, -0.2) is 15.9 Å². The van der Waals surface area contributed by atoms with Crippen LogP contribution in [0.1, 0.15) is 33.2 Å². The van der Waals surface area contributed by atoms with Gasteiger partial charge in [-0.25, -0.2) is 9.88 Å². The molecular formula is C64H45N4OPt-. The molecule has 0 N–H and O–H groups in total. The first kappa shape index (κ1) is 37.8. The average molecular weight is 1090 g/mol. The van der Waals surface area contributed by atoms with Gasteiger partial charge in [0.05, 0.1) is 6.85 Å². The first-order valence-electron chi connectivity index (χ1n) is 25.6. The molecule has 6 heteroatoms. The molecule has 13 rings (SSSR count). The number of fused-ring (bicyclic) bond motifs is 12. The number of anilines is 2. The van der Waals surface area contributed by atoms with Crippen LogP contribution in [0.4, 0.5) is 22.7 Å². The molecule has 4 heterocycles. The van der Waals surface area contributed by atoms with Crippen LogP contribution in [0.5, 0.6) is 11.5 Å². The second kappa shape index (κ2) is 17.1. The monoisotopic (exact) mass is 1090 g/mol. The van der Waals surface area contributed by atoms with Gasteiger partial charge < -0.3 is 9.30 Å². The summed E-state index contributed by atoms with van der Waals surface area (Å²) in [5, 5.41) is 2.12. The molecule has 2 aromatic heterocycles. The summed E-state index contributed by atoms with van der Waals surface area (Å²) in [6.45, 7) is 6.61. The third-order valence-electron chi connectivity index (χ3n) is 13.4. The smallest absolute Gasteiger partial charge is 0.253 e. The van der Waals surface area contributed by atoms with E-state index in [9.17, 15) is 2.74 Å². The second-order valence-electron chi connectivity index (χ2n) is 18.5. The van der Waals surface area contributed by atoms with E-state index in [0.29, 0.717) is 28.4 Å². The molecule has 0 spiro atoms. The van der Waals surface area contributed by atoms with Crippen LogP contribution in [0, 0.1) is 12.1 Å². The molecule has 0 radical (unpaired) electrons. The third kappa shape index (κ3) is 7.11. The van der Waals surface area contributed by atoms with Crippen molar-refractivity contribution in [2.45, 2.75) is 26.2 Å². The Morgan fingerprint density at radius 3 is 1.83 bits per heavy atom. The molecule has 0 atom stereocenters. The second-order valence-corrected chi connectivity index (χ2v) is 18.5. The summed E-state index contributed by atoms with van der Waals surface area (Å²) < 4.78 is 56.1. The average Bonchev–Trinajstić information content (AvgIpc) is 3.69. The van der Waals surface area contributed by atoms with Crippen molar-refractivity contribution >= 4 is 50.9 Å². The minimum atomic E-state index is -0.448. The number of hydrogen-bond donors (Lipinski definition) is 0. The van der Waals surface area contributed by atoms with Gasteiger partial charge in [-0.3, -0.25) is 0 Å². The van der Waals surface area contributed by atoms with Crippen molar-refractivity contribution in [1.29, 1.82) is 0 Å². The zero-order chi connectivity index (χ0) is 50.6. The topological polar surface area (TPSA) is 33.3 Å². The van der Waals surface area contributed by atoms with Gasteiger partial charge in [0.1, 0.15) is 22.9 Å². The number of nitrogens with zero attached hydrogens (tertiary/aromatic N) is 4. The normalized spacial score (nSPS) is 13.4. The molecule has 11 aromatic rings. The Morgan fingerprint density at radius 1 is 0.543 bits per heavy atom. The van der Waals surface area contributed by atoms with E-state index in [-0.39, 0.29) is 44.1 Å². The van der Waals surface area contributed by atoms with E-state index in [0.717, 1.165) is 83.5 Å². The molecule has 338 valence electrons. The minimum Gasteiger partial charge on any atom is -0.509 e. The standard InChI is InChI=1S/C64H45N4O.Pt/c1-64(2,3)43-36-37-65-61(38-43)68-59-33-14-12-26-52(59)54-35-34-46(40-60(54)68)69-45-21-15-20-44(39-45)66-41-67-62-47(42-18-5-4-6-19-42)28-16-29-55(62)50-24-9-7-22-48(50)49-23-8-10-25-51(49)56-30-17-31-57(63(56)67)53-27-11-13-32-58(53)66;/h4-38,41H,1-3H3;/q-1;/i4D,5D,6D,18D,19D;. The SMILES string of the molecule is [2H]c1c([2H])c([2H])c(-c2cccc3c2[N+]2=CN(c4[c-]c(Oc5[c-]c6c(cc5)c5ccccc5n6-c5cc(C(C)(C)C)ccn5)ccc4)c4ccccc4-c4cccc(c42)-c2ccccc2-c2ccccc2-3)c([2H])c1[2H].[Pt]. The van der Waals surface area contributed by atoms with Gasteiger partial charge in [0.15, 0.2) is 0 Å². The summed E-state index contributed by atoms with van der Waals surface area (Å²) in [5.41, 5.74) is 14.2. The van der Waals surface area contributed by atoms with E-state index in [1.807, 2.05) is 79.3 Å². The van der Waals surface area contributed by atoms with E-state index in [4.69, 9.17) is 13.8 Å². The quantitative estimate of drug-likeness (QED) is 0.127. The molecule has 0 amide bonds. The van der Waals surface area contributed by atoms with Gasteiger partial charge in [-0.1, -0.05) is 172 Å². The van der Waals surface area contributed by atoms with Crippen molar-refractivity contribution in [3.63, 3.8) is 0 Å². The van der Waals surface area contributed by atoms with Crippen molar-refractivity contribution in [2.24, 2.45) is 0 Å². The van der Waals surface area contributed by atoms with Crippen LogP contribution >= 0.6 is 0 Å². The molecule has 0 unspecified atom stereocenters. The van der Waals surface area contributed by atoms with Gasteiger partial charge in [0, 0.05) is 77.8 Å². The summed E-state index contributed by atoms with van der Waals surface area (Å²) in [6.07, 6.45) is 3.92. The summed E-state index contributed by atoms with van der Waals surface area (Å²) in [7, 11) is 0. The van der Waals surface area contributed by atoms with Crippen LogP contribution in [0.25, 0.3) is 83.3 Å². The minimum absolute atomic E-state index is 0. The molecule has 2 aliphatic heterocycles. The summed E-state index contributed by atoms with van der Waals surface area (Å²) in [5.74, 6) is 1.77.